The molecule has 4 heteroatoms. The van der Waals surface area contributed by atoms with E-state index in [1.807, 2.05) is 12.1 Å². The number of rotatable bonds is 4. The first-order valence-corrected chi connectivity index (χ1v) is 19.7. The predicted molar refractivity (Wildman–Crippen MR) is 239 cm³/mol. The summed E-state index contributed by atoms with van der Waals surface area (Å²) in [7, 11) is 0. The second-order valence-electron chi connectivity index (χ2n) is 15.2. The number of nitrogens with zero attached hydrogens (tertiary/aromatic N) is 1. The zero-order valence-electron chi connectivity index (χ0n) is 31.1. The van der Waals surface area contributed by atoms with Gasteiger partial charge in [0.1, 0.15) is 33.5 Å². The summed E-state index contributed by atoms with van der Waals surface area (Å²) >= 11 is 0. The first-order valence-electron chi connectivity index (χ1n) is 19.7. The van der Waals surface area contributed by atoms with Crippen molar-refractivity contribution < 1.29 is 13.3 Å². The molecular weight excluding hydrogens is 711 g/mol. The zero-order valence-corrected chi connectivity index (χ0v) is 31.1. The summed E-state index contributed by atoms with van der Waals surface area (Å²) in [4.78, 5) is 0. The van der Waals surface area contributed by atoms with Crippen LogP contribution in [0.2, 0.25) is 0 Å². The molecule has 0 spiro atoms. The van der Waals surface area contributed by atoms with E-state index >= 15 is 0 Å². The monoisotopic (exact) mass is 741 g/mol. The Hall–Kier alpha value is -7.82. The second kappa shape index (κ2) is 11.8. The van der Waals surface area contributed by atoms with Crippen molar-refractivity contribution in [3.05, 3.63) is 188 Å². The molecule has 0 bridgehead atoms. The van der Waals surface area contributed by atoms with Gasteiger partial charge in [0.25, 0.3) is 0 Å². The SMILES string of the molecule is c1ccc(-c2ccc3c(c2)c2cc(-c4ccccc4)ccc2n3-c2cccc3oc4cc5c(cc4c23)oc2c(-c3ccc4oc6ccccc6c4c3)cccc25)cc1. The van der Waals surface area contributed by atoms with E-state index in [-0.39, 0.29) is 0 Å². The van der Waals surface area contributed by atoms with Crippen LogP contribution in [0.1, 0.15) is 0 Å². The van der Waals surface area contributed by atoms with Gasteiger partial charge in [-0.25, -0.2) is 0 Å². The van der Waals surface area contributed by atoms with Crippen molar-refractivity contribution in [3.8, 4) is 39.1 Å². The summed E-state index contributed by atoms with van der Waals surface area (Å²) in [5.41, 5.74) is 15.3. The lowest BCUT2D eigenvalue weighted by atomic mass is 10.00. The van der Waals surface area contributed by atoms with Crippen LogP contribution in [-0.2, 0) is 0 Å². The lowest BCUT2D eigenvalue weighted by molar-refractivity contribution is 0.664. The third kappa shape index (κ3) is 4.51. The molecule has 0 fully saturated rings. The van der Waals surface area contributed by atoms with Crippen molar-refractivity contribution in [1.29, 1.82) is 0 Å². The molecule has 58 heavy (non-hydrogen) atoms. The molecule has 4 nitrogen and oxygen atoms in total. The summed E-state index contributed by atoms with van der Waals surface area (Å²) in [6, 6.07) is 66.6. The van der Waals surface area contributed by atoms with E-state index in [0.717, 1.165) is 93.7 Å². The zero-order chi connectivity index (χ0) is 37.9. The van der Waals surface area contributed by atoms with Crippen LogP contribution in [-0.4, -0.2) is 4.57 Å². The van der Waals surface area contributed by atoms with Crippen molar-refractivity contribution in [2.75, 3.05) is 0 Å². The van der Waals surface area contributed by atoms with Gasteiger partial charge < -0.3 is 17.8 Å². The number of hydrogen-bond donors (Lipinski definition) is 0. The van der Waals surface area contributed by atoms with Crippen LogP contribution < -0.4 is 0 Å². The van der Waals surface area contributed by atoms with Gasteiger partial charge in [-0.3, -0.25) is 0 Å². The van der Waals surface area contributed by atoms with Crippen LogP contribution in [0.4, 0.5) is 0 Å². The molecule has 0 N–H and O–H groups in total. The number of para-hydroxylation sites is 2. The highest BCUT2D eigenvalue weighted by molar-refractivity contribution is 6.20. The standard InChI is InChI=1S/C54H31NO3/c1-3-11-32(12-4-1)34-21-24-45-40(27-34)41-28-35(33-13-5-2-6-14-33)22-25-46(41)55(45)47-18-10-20-50-53(47)44-31-51-43(30-52(44)57-50)39-17-9-16-37(54(39)58-51)36-23-26-49-42(29-36)38-15-7-8-19-48(38)56-49/h1-31H. The number of aromatic nitrogens is 1. The van der Waals surface area contributed by atoms with Gasteiger partial charge in [0.2, 0.25) is 0 Å². The van der Waals surface area contributed by atoms with Gasteiger partial charge in [-0.05, 0) is 94.5 Å². The van der Waals surface area contributed by atoms with Crippen molar-refractivity contribution >= 4 is 87.6 Å². The minimum Gasteiger partial charge on any atom is -0.456 e. The summed E-state index contributed by atoms with van der Waals surface area (Å²) in [6.07, 6.45) is 0. The molecule has 0 aliphatic rings. The van der Waals surface area contributed by atoms with Crippen molar-refractivity contribution in [3.63, 3.8) is 0 Å². The Morgan fingerprint density at radius 2 is 0.845 bits per heavy atom. The first kappa shape index (κ1) is 31.4. The lowest BCUT2D eigenvalue weighted by Crippen LogP contribution is -1.94. The smallest absolute Gasteiger partial charge is 0.143 e. The molecule has 0 aliphatic heterocycles. The molecular formula is C54H31NO3. The molecule has 4 aromatic heterocycles. The van der Waals surface area contributed by atoms with Crippen LogP contribution in [0.15, 0.2) is 201 Å². The maximum atomic E-state index is 6.86. The first-order chi connectivity index (χ1) is 28.7. The van der Waals surface area contributed by atoms with Crippen LogP contribution >= 0.6 is 0 Å². The van der Waals surface area contributed by atoms with E-state index in [1.165, 1.54) is 33.0 Å². The minimum atomic E-state index is 0.824. The fraction of sp³-hybridized carbons (Fsp3) is 0. The fourth-order valence-electron chi connectivity index (χ4n) is 9.31. The molecule has 0 saturated heterocycles. The number of benzene rings is 9. The Morgan fingerprint density at radius 1 is 0.293 bits per heavy atom. The van der Waals surface area contributed by atoms with Crippen LogP contribution in [0.3, 0.4) is 0 Å². The fourth-order valence-corrected chi connectivity index (χ4v) is 9.31. The van der Waals surface area contributed by atoms with E-state index in [0.29, 0.717) is 0 Å². The number of hydrogen-bond acceptors (Lipinski definition) is 3. The van der Waals surface area contributed by atoms with Gasteiger partial charge >= 0.3 is 0 Å². The largest absolute Gasteiger partial charge is 0.456 e. The average molecular weight is 742 g/mol. The second-order valence-corrected chi connectivity index (χ2v) is 15.2. The molecule has 0 aliphatic carbocycles. The van der Waals surface area contributed by atoms with Gasteiger partial charge in [-0.1, -0.05) is 121 Å². The molecule has 13 rings (SSSR count). The molecule has 0 radical (unpaired) electrons. The van der Waals surface area contributed by atoms with E-state index in [2.05, 4.69) is 180 Å². The minimum absolute atomic E-state index is 0.824. The maximum absolute atomic E-state index is 6.86. The summed E-state index contributed by atoms with van der Waals surface area (Å²) < 4.78 is 22.1. The molecule has 13 aromatic rings. The molecule has 4 heterocycles. The predicted octanol–water partition coefficient (Wildman–Crippen LogP) is 15.5. The Labute approximate surface area is 331 Å². The highest BCUT2D eigenvalue weighted by atomic mass is 16.3. The molecule has 0 atom stereocenters. The highest BCUT2D eigenvalue weighted by Crippen LogP contribution is 2.44. The maximum Gasteiger partial charge on any atom is 0.143 e. The number of furan rings is 3. The Bertz CT molecular complexity index is 3690. The molecule has 0 unspecified atom stereocenters. The van der Waals surface area contributed by atoms with Crippen molar-refractivity contribution in [2.45, 2.75) is 0 Å². The topological polar surface area (TPSA) is 44.4 Å². The quantitative estimate of drug-likeness (QED) is 0.180. The summed E-state index contributed by atoms with van der Waals surface area (Å²) in [5.74, 6) is 0. The third-order valence-corrected chi connectivity index (χ3v) is 12.0. The number of fused-ring (bicyclic) bond motifs is 12. The Balaban J connectivity index is 1.03. The van der Waals surface area contributed by atoms with Crippen molar-refractivity contribution in [2.24, 2.45) is 0 Å². The highest BCUT2D eigenvalue weighted by Gasteiger charge is 2.21. The van der Waals surface area contributed by atoms with Crippen LogP contribution in [0.5, 0.6) is 0 Å². The van der Waals surface area contributed by atoms with Gasteiger partial charge in [-0.15, -0.1) is 0 Å². The average Bonchev–Trinajstić information content (AvgIpc) is 4.04. The molecule has 270 valence electrons. The Kier molecular flexibility index (Phi) is 6.41. The van der Waals surface area contributed by atoms with Gasteiger partial charge in [0, 0.05) is 43.3 Å². The summed E-state index contributed by atoms with van der Waals surface area (Å²) in [6.45, 7) is 0. The lowest BCUT2D eigenvalue weighted by Gasteiger charge is -2.10. The van der Waals surface area contributed by atoms with Gasteiger partial charge in [0.15, 0.2) is 0 Å². The van der Waals surface area contributed by atoms with E-state index in [9.17, 15) is 0 Å². The summed E-state index contributed by atoms with van der Waals surface area (Å²) in [5, 5.41) is 8.75. The van der Waals surface area contributed by atoms with Crippen LogP contribution in [0.25, 0.3) is 127 Å². The van der Waals surface area contributed by atoms with Crippen LogP contribution in [0, 0.1) is 0 Å². The van der Waals surface area contributed by atoms with Gasteiger partial charge in [-0.2, -0.15) is 0 Å². The van der Waals surface area contributed by atoms with Crippen molar-refractivity contribution in [1.82, 2.24) is 4.57 Å². The van der Waals surface area contributed by atoms with E-state index in [4.69, 9.17) is 13.3 Å². The van der Waals surface area contributed by atoms with Gasteiger partial charge in [0.05, 0.1) is 22.1 Å². The Morgan fingerprint density at radius 3 is 1.60 bits per heavy atom. The molecule has 0 amide bonds. The normalized spacial score (nSPS) is 12.1. The molecule has 0 saturated carbocycles. The molecule has 9 aromatic carbocycles. The van der Waals surface area contributed by atoms with E-state index < -0.39 is 0 Å². The van der Waals surface area contributed by atoms with E-state index in [1.54, 1.807) is 0 Å². The third-order valence-electron chi connectivity index (χ3n) is 12.0.